The van der Waals surface area contributed by atoms with E-state index in [2.05, 4.69) is 20.7 Å². The van der Waals surface area contributed by atoms with E-state index in [4.69, 9.17) is 11.6 Å². The van der Waals surface area contributed by atoms with Gasteiger partial charge in [-0.15, -0.1) is 0 Å². The molecular formula is C16H11ClF3N5O. The van der Waals surface area contributed by atoms with E-state index in [1.807, 2.05) is 0 Å². The maximum atomic E-state index is 13.0. The van der Waals surface area contributed by atoms with Crippen LogP contribution in [0.15, 0.2) is 55.1 Å². The Morgan fingerprint density at radius 3 is 2.58 bits per heavy atom. The van der Waals surface area contributed by atoms with Gasteiger partial charge in [-0.1, -0.05) is 17.7 Å². The molecule has 0 unspecified atom stereocenters. The Bertz CT molecular complexity index is 928. The summed E-state index contributed by atoms with van der Waals surface area (Å²) in [6, 6.07) is 8.55. The summed E-state index contributed by atoms with van der Waals surface area (Å²) in [5.41, 5.74) is -0.356. The van der Waals surface area contributed by atoms with Gasteiger partial charge in [0.2, 0.25) is 0 Å². The number of nitrogens with one attached hydrogen (secondary N) is 2. The van der Waals surface area contributed by atoms with Crippen molar-refractivity contribution in [2.24, 2.45) is 0 Å². The molecule has 2 amide bonds. The number of hydrogen-bond acceptors (Lipinski definition) is 3. The summed E-state index contributed by atoms with van der Waals surface area (Å²) in [6.45, 7) is 0. The van der Waals surface area contributed by atoms with Crippen molar-refractivity contribution in [1.29, 1.82) is 0 Å². The van der Waals surface area contributed by atoms with E-state index >= 15 is 0 Å². The highest BCUT2D eigenvalue weighted by Gasteiger charge is 2.31. The second-order valence-electron chi connectivity index (χ2n) is 5.16. The summed E-state index contributed by atoms with van der Waals surface area (Å²) in [4.78, 5) is 15.9. The number of benzene rings is 2. The summed E-state index contributed by atoms with van der Waals surface area (Å²) in [7, 11) is 0. The molecule has 3 aromatic rings. The number of anilines is 2. The predicted molar refractivity (Wildman–Crippen MR) is 90.5 cm³/mol. The molecule has 0 aliphatic rings. The molecule has 26 heavy (non-hydrogen) atoms. The van der Waals surface area contributed by atoms with E-state index in [0.29, 0.717) is 10.7 Å². The SMILES string of the molecule is O=C(Nc1cccc(Cl)c1)Nc1cc(C(F)(F)F)ccc1-n1cncn1. The van der Waals surface area contributed by atoms with Gasteiger partial charge in [0.1, 0.15) is 12.7 Å². The maximum Gasteiger partial charge on any atom is 0.416 e. The molecule has 0 saturated heterocycles. The van der Waals surface area contributed by atoms with Crippen molar-refractivity contribution in [2.45, 2.75) is 6.18 Å². The molecule has 3 rings (SSSR count). The molecule has 6 nitrogen and oxygen atoms in total. The molecule has 0 aliphatic heterocycles. The normalized spacial score (nSPS) is 11.2. The summed E-state index contributed by atoms with van der Waals surface area (Å²) in [6.07, 6.45) is -2.02. The van der Waals surface area contributed by atoms with Crippen LogP contribution < -0.4 is 10.6 Å². The quantitative estimate of drug-likeness (QED) is 0.697. The molecule has 0 aliphatic carbocycles. The van der Waals surface area contributed by atoms with Crippen LogP contribution in [-0.2, 0) is 6.18 Å². The molecule has 1 aromatic heterocycles. The van der Waals surface area contributed by atoms with Gasteiger partial charge in [0.25, 0.3) is 0 Å². The lowest BCUT2D eigenvalue weighted by atomic mass is 10.1. The smallest absolute Gasteiger partial charge is 0.308 e. The molecule has 0 atom stereocenters. The zero-order chi connectivity index (χ0) is 18.7. The average molecular weight is 382 g/mol. The van der Waals surface area contributed by atoms with Crippen LogP contribution >= 0.6 is 11.6 Å². The number of amides is 2. The number of hydrogen-bond donors (Lipinski definition) is 2. The topological polar surface area (TPSA) is 71.8 Å². The molecule has 0 spiro atoms. The van der Waals surface area contributed by atoms with Crippen molar-refractivity contribution in [3.05, 3.63) is 65.7 Å². The third-order valence-corrected chi connectivity index (χ3v) is 3.56. The number of carbonyl (C=O) groups is 1. The molecule has 2 N–H and O–H groups in total. The summed E-state index contributed by atoms with van der Waals surface area (Å²) < 4.78 is 40.2. The molecule has 0 bridgehead atoms. The lowest BCUT2D eigenvalue weighted by Gasteiger charge is -2.15. The summed E-state index contributed by atoms with van der Waals surface area (Å²) >= 11 is 5.84. The number of carbonyl (C=O) groups excluding carboxylic acids is 1. The lowest BCUT2D eigenvalue weighted by molar-refractivity contribution is -0.137. The number of alkyl halides is 3. The third kappa shape index (κ3) is 4.12. The number of urea groups is 1. The van der Waals surface area contributed by atoms with Gasteiger partial charge in [0, 0.05) is 10.7 Å². The average Bonchev–Trinajstić information content (AvgIpc) is 3.08. The minimum Gasteiger partial charge on any atom is -0.308 e. The van der Waals surface area contributed by atoms with Gasteiger partial charge >= 0.3 is 12.2 Å². The Morgan fingerprint density at radius 2 is 1.92 bits per heavy atom. The van der Waals surface area contributed by atoms with Crippen molar-refractivity contribution in [2.75, 3.05) is 10.6 Å². The monoisotopic (exact) mass is 381 g/mol. The van der Waals surface area contributed by atoms with Gasteiger partial charge in [-0.2, -0.15) is 18.3 Å². The van der Waals surface area contributed by atoms with Crippen LogP contribution in [0.5, 0.6) is 0 Å². The minimum absolute atomic E-state index is 0.0788. The molecule has 134 valence electrons. The number of halogens is 4. The molecule has 0 radical (unpaired) electrons. The van der Waals surface area contributed by atoms with Crippen molar-refractivity contribution in [3.8, 4) is 5.69 Å². The Morgan fingerprint density at radius 1 is 1.12 bits per heavy atom. The fourth-order valence-electron chi connectivity index (χ4n) is 2.20. The highest BCUT2D eigenvalue weighted by molar-refractivity contribution is 6.30. The Hall–Kier alpha value is -3.07. The predicted octanol–water partition coefficient (Wildman–Crippen LogP) is 4.58. The first-order valence-corrected chi connectivity index (χ1v) is 7.60. The van der Waals surface area contributed by atoms with Gasteiger partial charge < -0.3 is 10.6 Å². The zero-order valence-corrected chi connectivity index (χ0v) is 13.7. The second kappa shape index (κ2) is 7.04. The first kappa shape index (κ1) is 17.7. The minimum atomic E-state index is -4.55. The van der Waals surface area contributed by atoms with Crippen LogP contribution in [0.3, 0.4) is 0 Å². The van der Waals surface area contributed by atoms with E-state index in [-0.39, 0.29) is 11.4 Å². The highest BCUT2D eigenvalue weighted by atomic mass is 35.5. The van der Waals surface area contributed by atoms with Crippen molar-refractivity contribution in [1.82, 2.24) is 14.8 Å². The Balaban J connectivity index is 1.90. The van der Waals surface area contributed by atoms with Crippen molar-refractivity contribution in [3.63, 3.8) is 0 Å². The molecule has 0 fully saturated rings. The molecule has 0 saturated carbocycles. The third-order valence-electron chi connectivity index (χ3n) is 3.32. The van der Waals surface area contributed by atoms with Crippen molar-refractivity contribution >= 4 is 29.0 Å². The lowest BCUT2D eigenvalue weighted by Crippen LogP contribution is -2.21. The van der Waals surface area contributed by atoms with E-state index < -0.39 is 17.8 Å². The van der Waals surface area contributed by atoms with Crippen LogP contribution in [0.4, 0.5) is 29.3 Å². The molecule has 2 aromatic carbocycles. The first-order valence-electron chi connectivity index (χ1n) is 7.23. The van der Waals surface area contributed by atoms with E-state index in [9.17, 15) is 18.0 Å². The standard InChI is InChI=1S/C16H11ClF3N5O/c17-11-2-1-3-12(7-11)23-15(26)24-13-6-10(16(18,19)20)4-5-14(13)25-9-21-8-22-25/h1-9H,(H2,23,24,26). The summed E-state index contributed by atoms with van der Waals surface area (Å²) in [5, 5.41) is 9.18. The highest BCUT2D eigenvalue weighted by Crippen LogP contribution is 2.33. The zero-order valence-electron chi connectivity index (χ0n) is 13.0. The van der Waals surface area contributed by atoms with Crippen LogP contribution in [-0.4, -0.2) is 20.8 Å². The van der Waals surface area contributed by atoms with E-state index in [1.165, 1.54) is 29.5 Å². The van der Waals surface area contributed by atoms with Gasteiger partial charge in [0.05, 0.1) is 16.9 Å². The van der Waals surface area contributed by atoms with Gasteiger partial charge in [-0.3, -0.25) is 0 Å². The number of rotatable bonds is 3. The van der Waals surface area contributed by atoms with Crippen LogP contribution in [0.1, 0.15) is 5.56 Å². The number of aromatic nitrogens is 3. The molecule has 1 heterocycles. The van der Waals surface area contributed by atoms with E-state index in [0.717, 1.165) is 12.1 Å². The molecular weight excluding hydrogens is 371 g/mol. The van der Waals surface area contributed by atoms with Crippen molar-refractivity contribution < 1.29 is 18.0 Å². The fraction of sp³-hybridized carbons (Fsp3) is 0.0625. The Labute approximate surface area is 150 Å². The Kier molecular flexibility index (Phi) is 4.81. The fourth-order valence-corrected chi connectivity index (χ4v) is 2.39. The van der Waals surface area contributed by atoms with Crippen LogP contribution in [0.2, 0.25) is 5.02 Å². The number of nitrogens with zero attached hydrogens (tertiary/aromatic N) is 3. The second-order valence-corrected chi connectivity index (χ2v) is 5.60. The first-order chi connectivity index (χ1) is 12.3. The summed E-state index contributed by atoms with van der Waals surface area (Å²) in [5.74, 6) is 0. The van der Waals surface area contributed by atoms with Crippen LogP contribution in [0, 0.1) is 0 Å². The van der Waals surface area contributed by atoms with Gasteiger partial charge in [-0.25, -0.2) is 14.5 Å². The maximum absolute atomic E-state index is 13.0. The van der Waals surface area contributed by atoms with Gasteiger partial charge in [0.15, 0.2) is 0 Å². The molecule has 10 heteroatoms. The van der Waals surface area contributed by atoms with E-state index in [1.54, 1.807) is 18.2 Å². The largest absolute Gasteiger partial charge is 0.416 e. The van der Waals surface area contributed by atoms with Gasteiger partial charge in [-0.05, 0) is 36.4 Å². The van der Waals surface area contributed by atoms with Crippen LogP contribution in [0.25, 0.3) is 5.69 Å².